The minimum absolute atomic E-state index is 0.0190. The molecule has 3 aromatic heterocycles. The van der Waals surface area contributed by atoms with Gasteiger partial charge in [0.05, 0.1) is 11.0 Å². The normalized spacial score (nSPS) is 14.6. The molecule has 0 N–H and O–H groups in total. The first-order valence-electron chi connectivity index (χ1n) is 21.7. The highest BCUT2D eigenvalue weighted by Crippen LogP contribution is 2.54. The average Bonchev–Trinajstić information content (AvgIpc) is 4.02. The second-order valence-electron chi connectivity index (χ2n) is 19.1. The summed E-state index contributed by atoms with van der Waals surface area (Å²) in [6.45, 7) is 11.5. The molecule has 62 heavy (non-hydrogen) atoms. The summed E-state index contributed by atoms with van der Waals surface area (Å²) in [6.07, 6.45) is 0. The molecule has 3 aliphatic rings. The largest absolute Gasteiger partial charge is 0.456 e. The number of aromatic nitrogens is 2. The average molecular weight is 798 g/mol. The zero-order valence-corrected chi connectivity index (χ0v) is 35.2. The van der Waals surface area contributed by atoms with E-state index in [1.54, 1.807) is 0 Å². The minimum Gasteiger partial charge on any atom is -0.456 e. The fraction of sp³-hybridized carbons (Fsp3) is 0.125. The molecule has 0 bridgehead atoms. The van der Waals surface area contributed by atoms with Crippen LogP contribution in [0.4, 0.5) is 11.4 Å². The van der Waals surface area contributed by atoms with Crippen LogP contribution in [0.2, 0.25) is 0 Å². The van der Waals surface area contributed by atoms with Gasteiger partial charge in [0.15, 0.2) is 5.58 Å². The van der Waals surface area contributed by atoms with Gasteiger partial charge in [0.2, 0.25) is 5.89 Å². The van der Waals surface area contributed by atoms with Crippen molar-refractivity contribution in [3.63, 3.8) is 0 Å². The Kier molecular flexibility index (Phi) is 6.40. The third kappa shape index (κ3) is 4.36. The Bertz CT molecular complexity index is 3770. The fourth-order valence-electron chi connectivity index (χ4n) is 11.3. The van der Waals surface area contributed by atoms with E-state index >= 15 is 0 Å². The molecule has 0 atom stereocenters. The van der Waals surface area contributed by atoms with Gasteiger partial charge in [-0.05, 0) is 110 Å². The first-order valence-corrected chi connectivity index (χ1v) is 21.7. The van der Waals surface area contributed by atoms with Crippen molar-refractivity contribution in [1.82, 2.24) is 9.55 Å². The third-order valence-electron chi connectivity index (χ3n) is 14.4. The van der Waals surface area contributed by atoms with Gasteiger partial charge in [0, 0.05) is 61.2 Å². The second-order valence-corrected chi connectivity index (χ2v) is 19.1. The van der Waals surface area contributed by atoms with Crippen LogP contribution in [0.25, 0.3) is 94.2 Å². The summed E-state index contributed by atoms with van der Waals surface area (Å²) >= 11 is 0. The van der Waals surface area contributed by atoms with Gasteiger partial charge < -0.3 is 18.2 Å². The van der Waals surface area contributed by atoms with Gasteiger partial charge in [-0.25, -0.2) is 4.98 Å². The smallest absolute Gasteiger partial charge is 0.333 e. The molecule has 6 heteroatoms. The second kappa shape index (κ2) is 11.5. The Morgan fingerprint density at radius 1 is 0.565 bits per heavy atom. The molecule has 0 unspecified atom stereocenters. The SMILES string of the molecule is CC(C)(C)c1ccc(N2B3c4cc5nc(-c6ccccc6)oc5cc4-n4c5cc6c(cc5c5ccc(c3c54)-c3cc4c(cc32)-c2ccccc2C4(C)C)oc2ccccc26)cc1. The van der Waals surface area contributed by atoms with E-state index < -0.39 is 0 Å². The minimum atomic E-state index is -0.165. The molecule has 2 aliphatic heterocycles. The Hall–Kier alpha value is -7.31. The van der Waals surface area contributed by atoms with E-state index in [-0.39, 0.29) is 17.7 Å². The van der Waals surface area contributed by atoms with Crippen LogP contribution in [-0.4, -0.2) is 16.4 Å². The van der Waals surface area contributed by atoms with E-state index in [0.29, 0.717) is 5.89 Å². The van der Waals surface area contributed by atoms with Gasteiger partial charge >= 0.3 is 6.85 Å². The molecule has 0 spiro atoms. The molecule has 5 nitrogen and oxygen atoms in total. The molecule has 14 rings (SSSR count). The van der Waals surface area contributed by atoms with Crippen LogP contribution < -0.4 is 15.7 Å². The lowest BCUT2D eigenvalue weighted by molar-refractivity contribution is 0.590. The number of anilines is 2. The van der Waals surface area contributed by atoms with Gasteiger partial charge in [-0.1, -0.05) is 120 Å². The number of fused-ring (bicyclic) bond motifs is 15. The van der Waals surface area contributed by atoms with Crippen molar-refractivity contribution < 1.29 is 8.83 Å². The molecule has 11 aromatic rings. The molecular formula is C56H40BN3O2. The third-order valence-corrected chi connectivity index (χ3v) is 14.4. The molecule has 294 valence electrons. The zero-order valence-electron chi connectivity index (χ0n) is 35.2. The van der Waals surface area contributed by atoms with Gasteiger partial charge in [-0.3, -0.25) is 0 Å². The Morgan fingerprint density at radius 2 is 1.35 bits per heavy atom. The maximum atomic E-state index is 6.68. The molecule has 5 heterocycles. The number of para-hydroxylation sites is 1. The summed E-state index contributed by atoms with van der Waals surface area (Å²) in [5.74, 6) is 0.621. The highest BCUT2D eigenvalue weighted by atomic mass is 16.3. The highest BCUT2D eigenvalue weighted by Gasteiger charge is 2.46. The van der Waals surface area contributed by atoms with E-state index in [2.05, 4.69) is 171 Å². The summed E-state index contributed by atoms with van der Waals surface area (Å²) in [7, 11) is 0. The molecule has 0 saturated carbocycles. The first-order chi connectivity index (χ1) is 30.1. The molecule has 0 fully saturated rings. The topological polar surface area (TPSA) is 47.3 Å². The van der Waals surface area contributed by atoms with Crippen LogP contribution >= 0.6 is 0 Å². The number of benzene rings is 8. The Labute approximate surface area is 358 Å². The number of furan rings is 1. The predicted molar refractivity (Wildman–Crippen MR) is 256 cm³/mol. The number of oxazole rings is 1. The lowest BCUT2D eigenvalue weighted by Gasteiger charge is -2.42. The van der Waals surface area contributed by atoms with E-state index in [9.17, 15) is 0 Å². The van der Waals surface area contributed by atoms with Crippen molar-refractivity contribution in [2.75, 3.05) is 4.81 Å². The summed E-state index contributed by atoms with van der Waals surface area (Å²) in [6, 6.07) is 55.8. The van der Waals surface area contributed by atoms with Gasteiger partial charge in [0.1, 0.15) is 16.7 Å². The van der Waals surface area contributed by atoms with Crippen molar-refractivity contribution in [3.8, 4) is 39.4 Å². The number of rotatable bonds is 2. The molecule has 8 aromatic carbocycles. The van der Waals surface area contributed by atoms with Crippen LogP contribution in [0.5, 0.6) is 0 Å². The summed E-state index contributed by atoms with van der Waals surface area (Å²) in [5, 5.41) is 4.61. The molecular weight excluding hydrogens is 757 g/mol. The highest BCUT2D eigenvalue weighted by molar-refractivity contribution is 6.93. The summed E-state index contributed by atoms with van der Waals surface area (Å²) < 4.78 is 15.7. The maximum absolute atomic E-state index is 6.68. The van der Waals surface area contributed by atoms with E-state index in [1.165, 1.54) is 71.8 Å². The monoisotopic (exact) mass is 797 g/mol. The first kappa shape index (κ1) is 34.4. The number of hydrogen-bond acceptors (Lipinski definition) is 4. The van der Waals surface area contributed by atoms with Gasteiger partial charge in [-0.2, -0.15) is 0 Å². The Balaban J connectivity index is 1.14. The van der Waals surface area contributed by atoms with Crippen LogP contribution in [0.3, 0.4) is 0 Å². The van der Waals surface area contributed by atoms with Crippen LogP contribution in [-0.2, 0) is 10.8 Å². The van der Waals surface area contributed by atoms with E-state index in [1.807, 2.05) is 24.3 Å². The standard InChI is InChI=1S/C56H40BN3O2/c1-55(2,3)32-19-21-33(22-20-32)60-47-26-38-34-15-9-11-17-42(34)56(4,5)43(38)25-39(47)36-23-24-37-40-28-50-41(35-16-10-12-18-49(35)61-50)27-46(40)59-48-30-51-45(29-44(48)57(60)52(36)53(37)59)58-54(62-51)31-13-7-6-8-14-31/h6-30H,1-5H3. The lowest BCUT2D eigenvalue weighted by atomic mass is 9.44. The van der Waals surface area contributed by atoms with Crippen molar-refractivity contribution in [1.29, 1.82) is 0 Å². The fourth-order valence-corrected chi connectivity index (χ4v) is 11.3. The van der Waals surface area contributed by atoms with E-state index in [0.717, 1.165) is 55.5 Å². The maximum Gasteiger partial charge on any atom is 0.333 e. The molecule has 0 saturated heterocycles. The quantitative estimate of drug-likeness (QED) is 0.163. The van der Waals surface area contributed by atoms with E-state index in [4.69, 9.17) is 13.8 Å². The van der Waals surface area contributed by atoms with Crippen LogP contribution in [0.1, 0.15) is 51.3 Å². The summed E-state index contributed by atoms with van der Waals surface area (Å²) in [4.78, 5) is 7.81. The van der Waals surface area contributed by atoms with Crippen LogP contribution in [0.15, 0.2) is 160 Å². The number of nitrogens with zero attached hydrogens (tertiary/aromatic N) is 3. The van der Waals surface area contributed by atoms with Crippen LogP contribution in [0, 0.1) is 0 Å². The van der Waals surface area contributed by atoms with Crippen molar-refractivity contribution in [2.45, 2.75) is 45.4 Å². The molecule has 0 amide bonds. The zero-order chi connectivity index (χ0) is 41.4. The molecule has 1 aliphatic carbocycles. The predicted octanol–water partition coefficient (Wildman–Crippen LogP) is 13.3. The van der Waals surface area contributed by atoms with Gasteiger partial charge in [0.25, 0.3) is 0 Å². The van der Waals surface area contributed by atoms with Crippen molar-refractivity contribution in [2.24, 2.45) is 0 Å². The van der Waals surface area contributed by atoms with Crippen molar-refractivity contribution in [3.05, 3.63) is 168 Å². The summed E-state index contributed by atoms with van der Waals surface area (Å²) in [5.41, 5.74) is 21.8. The molecule has 0 radical (unpaired) electrons. The number of hydrogen-bond donors (Lipinski definition) is 0. The van der Waals surface area contributed by atoms with Gasteiger partial charge in [-0.15, -0.1) is 0 Å². The lowest BCUT2D eigenvalue weighted by Crippen LogP contribution is -2.60. The Morgan fingerprint density at radius 3 is 2.19 bits per heavy atom. The van der Waals surface area contributed by atoms with Crippen molar-refractivity contribution >= 4 is 84.0 Å².